The number of carbonyl (C=O) groups excluding carboxylic acids is 1. The number of hydrogen-bond acceptors (Lipinski definition) is 4. The highest BCUT2D eigenvalue weighted by Crippen LogP contribution is 2.22. The molecule has 1 unspecified atom stereocenters. The predicted molar refractivity (Wildman–Crippen MR) is 80.6 cm³/mol. The third-order valence-electron chi connectivity index (χ3n) is 3.15. The van der Waals surface area contributed by atoms with Crippen LogP contribution in [0.5, 0.6) is 5.75 Å². The number of carbonyl (C=O) groups is 1. The Morgan fingerprint density at radius 1 is 1.43 bits per heavy atom. The van der Waals surface area contributed by atoms with E-state index < -0.39 is 0 Å². The smallest absolute Gasteiger partial charge is 0.234 e. The summed E-state index contributed by atoms with van der Waals surface area (Å²) in [5.41, 5.74) is 1.80. The molecule has 1 aromatic carbocycles. The largest absolute Gasteiger partial charge is 0.494 e. The average Bonchev–Trinajstić information content (AvgIpc) is 2.97. The van der Waals surface area contributed by atoms with Gasteiger partial charge in [0.2, 0.25) is 5.91 Å². The summed E-state index contributed by atoms with van der Waals surface area (Å²) >= 11 is 0. The van der Waals surface area contributed by atoms with E-state index in [0.717, 1.165) is 17.0 Å². The fourth-order valence-corrected chi connectivity index (χ4v) is 2.05. The molecule has 2 aromatic rings. The molecule has 0 aliphatic heterocycles. The van der Waals surface area contributed by atoms with Crippen molar-refractivity contribution in [2.45, 2.75) is 13.0 Å². The molecule has 0 aliphatic rings. The van der Waals surface area contributed by atoms with Gasteiger partial charge in [-0.2, -0.15) is 5.10 Å². The Balaban J connectivity index is 2.16. The molecular formula is C15H20N4O2. The molecule has 0 bridgehead atoms. The summed E-state index contributed by atoms with van der Waals surface area (Å²) in [6.45, 7) is 2.22. The summed E-state index contributed by atoms with van der Waals surface area (Å²) in [7, 11) is 3.37. The van der Waals surface area contributed by atoms with Gasteiger partial charge in [0, 0.05) is 11.8 Å². The number of likely N-dealkylation sites (N-methyl/N-ethyl adjacent to an activating group) is 1. The van der Waals surface area contributed by atoms with Gasteiger partial charge in [-0.1, -0.05) is 12.1 Å². The number of methoxy groups -OCH3 is 1. The zero-order valence-electron chi connectivity index (χ0n) is 12.5. The number of aromatic nitrogens is 2. The summed E-state index contributed by atoms with van der Waals surface area (Å²) in [4.78, 5) is 11.6. The molecule has 112 valence electrons. The molecule has 0 aliphatic carbocycles. The van der Waals surface area contributed by atoms with Crippen LogP contribution in [0.2, 0.25) is 0 Å². The molecule has 6 nitrogen and oxygen atoms in total. The van der Waals surface area contributed by atoms with E-state index in [4.69, 9.17) is 4.74 Å². The van der Waals surface area contributed by atoms with E-state index in [2.05, 4.69) is 15.7 Å². The monoisotopic (exact) mass is 288 g/mol. The number of amides is 1. The van der Waals surface area contributed by atoms with Crippen LogP contribution in [0.1, 0.15) is 18.5 Å². The van der Waals surface area contributed by atoms with Crippen molar-refractivity contribution in [3.8, 4) is 11.4 Å². The van der Waals surface area contributed by atoms with E-state index in [1.165, 1.54) is 0 Å². The van der Waals surface area contributed by atoms with Crippen molar-refractivity contribution in [1.82, 2.24) is 20.4 Å². The van der Waals surface area contributed by atoms with Gasteiger partial charge in [-0.15, -0.1) is 0 Å². The molecule has 2 N–H and O–H groups in total. The zero-order valence-corrected chi connectivity index (χ0v) is 12.5. The summed E-state index contributed by atoms with van der Waals surface area (Å²) in [6, 6.07) is 7.55. The second kappa shape index (κ2) is 6.90. The van der Waals surface area contributed by atoms with E-state index in [1.807, 2.05) is 37.4 Å². The SMILES string of the molecule is CNCC(=O)NC(C)c1cnn(-c2ccccc2OC)c1. The van der Waals surface area contributed by atoms with Crippen LogP contribution >= 0.6 is 0 Å². The van der Waals surface area contributed by atoms with E-state index >= 15 is 0 Å². The normalized spacial score (nSPS) is 12.0. The summed E-state index contributed by atoms with van der Waals surface area (Å²) in [5.74, 6) is 0.703. The van der Waals surface area contributed by atoms with E-state index in [9.17, 15) is 4.79 Å². The number of rotatable bonds is 6. The maximum Gasteiger partial charge on any atom is 0.234 e. The first-order valence-electron chi connectivity index (χ1n) is 6.77. The van der Waals surface area contributed by atoms with Gasteiger partial charge in [0.05, 0.1) is 25.9 Å². The van der Waals surface area contributed by atoms with Gasteiger partial charge in [-0.25, -0.2) is 4.68 Å². The molecule has 0 radical (unpaired) electrons. The maximum absolute atomic E-state index is 11.6. The van der Waals surface area contributed by atoms with Crippen molar-refractivity contribution in [3.63, 3.8) is 0 Å². The topological polar surface area (TPSA) is 68.2 Å². The minimum Gasteiger partial charge on any atom is -0.494 e. The van der Waals surface area contributed by atoms with Crippen molar-refractivity contribution in [1.29, 1.82) is 0 Å². The number of hydrogen-bond donors (Lipinski definition) is 2. The first kappa shape index (κ1) is 15.1. The number of ether oxygens (including phenoxy) is 1. The quantitative estimate of drug-likeness (QED) is 0.840. The van der Waals surface area contributed by atoms with Gasteiger partial charge < -0.3 is 15.4 Å². The highest BCUT2D eigenvalue weighted by molar-refractivity contribution is 5.78. The van der Waals surface area contributed by atoms with Crippen molar-refractivity contribution >= 4 is 5.91 Å². The van der Waals surface area contributed by atoms with Crippen molar-refractivity contribution in [2.75, 3.05) is 20.7 Å². The highest BCUT2D eigenvalue weighted by Gasteiger charge is 2.12. The van der Waals surface area contributed by atoms with E-state index in [0.29, 0.717) is 6.54 Å². The van der Waals surface area contributed by atoms with Crippen molar-refractivity contribution in [2.24, 2.45) is 0 Å². The number of benzene rings is 1. The fraction of sp³-hybridized carbons (Fsp3) is 0.333. The fourth-order valence-electron chi connectivity index (χ4n) is 2.05. The molecule has 6 heteroatoms. The van der Waals surface area contributed by atoms with Crippen LogP contribution in [0.25, 0.3) is 5.69 Å². The minimum atomic E-state index is -0.102. The Morgan fingerprint density at radius 2 is 2.19 bits per heavy atom. The molecule has 0 spiro atoms. The highest BCUT2D eigenvalue weighted by atomic mass is 16.5. The standard InChI is InChI=1S/C15H20N4O2/c1-11(18-15(20)9-16-2)12-8-17-19(10-12)13-6-4-5-7-14(13)21-3/h4-8,10-11,16H,9H2,1-3H3,(H,18,20). The van der Waals surface area contributed by atoms with Crippen LogP contribution in [0.15, 0.2) is 36.7 Å². The van der Waals surface area contributed by atoms with Crippen LogP contribution < -0.4 is 15.4 Å². The number of nitrogens with one attached hydrogen (secondary N) is 2. The first-order chi connectivity index (χ1) is 10.2. The lowest BCUT2D eigenvalue weighted by Gasteiger charge is -2.12. The zero-order chi connectivity index (χ0) is 15.2. The van der Waals surface area contributed by atoms with Crippen molar-refractivity contribution in [3.05, 3.63) is 42.2 Å². The molecule has 1 amide bonds. The molecule has 1 heterocycles. The molecular weight excluding hydrogens is 268 g/mol. The Hall–Kier alpha value is -2.34. The van der Waals surface area contributed by atoms with Crippen LogP contribution in [0.3, 0.4) is 0 Å². The second-order valence-corrected chi connectivity index (χ2v) is 4.71. The van der Waals surface area contributed by atoms with Crippen LogP contribution in [-0.4, -0.2) is 36.4 Å². The molecule has 0 saturated carbocycles. The Morgan fingerprint density at radius 3 is 2.90 bits per heavy atom. The first-order valence-corrected chi connectivity index (χ1v) is 6.77. The number of nitrogens with zero attached hydrogens (tertiary/aromatic N) is 2. The van der Waals surface area contributed by atoms with Gasteiger partial charge in [-0.3, -0.25) is 4.79 Å². The lowest BCUT2D eigenvalue weighted by atomic mass is 10.2. The van der Waals surface area contributed by atoms with E-state index in [-0.39, 0.29) is 11.9 Å². The summed E-state index contributed by atoms with van der Waals surface area (Å²) < 4.78 is 7.07. The van der Waals surface area contributed by atoms with Gasteiger partial charge in [0.25, 0.3) is 0 Å². The Kier molecular flexibility index (Phi) is 4.94. The third kappa shape index (κ3) is 3.61. The van der Waals surface area contributed by atoms with Gasteiger partial charge in [0.15, 0.2) is 0 Å². The Labute approximate surface area is 124 Å². The van der Waals surface area contributed by atoms with E-state index in [1.54, 1.807) is 25.0 Å². The average molecular weight is 288 g/mol. The Bertz CT molecular complexity index is 609. The maximum atomic E-state index is 11.6. The van der Waals surface area contributed by atoms with Gasteiger partial charge in [-0.05, 0) is 26.1 Å². The molecule has 0 fully saturated rings. The van der Waals surface area contributed by atoms with Crippen LogP contribution in [-0.2, 0) is 4.79 Å². The molecule has 0 saturated heterocycles. The lowest BCUT2D eigenvalue weighted by molar-refractivity contribution is -0.120. The second-order valence-electron chi connectivity index (χ2n) is 4.71. The van der Waals surface area contributed by atoms with Gasteiger partial charge in [0.1, 0.15) is 11.4 Å². The molecule has 21 heavy (non-hydrogen) atoms. The lowest BCUT2D eigenvalue weighted by Crippen LogP contribution is -2.33. The van der Waals surface area contributed by atoms with Crippen LogP contribution in [0, 0.1) is 0 Å². The number of para-hydroxylation sites is 2. The van der Waals surface area contributed by atoms with Crippen molar-refractivity contribution < 1.29 is 9.53 Å². The third-order valence-corrected chi connectivity index (χ3v) is 3.15. The van der Waals surface area contributed by atoms with Gasteiger partial charge >= 0.3 is 0 Å². The molecule has 1 atom stereocenters. The summed E-state index contributed by atoms with van der Waals surface area (Å²) in [5, 5.41) is 10.1. The van der Waals surface area contributed by atoms with Crippen LogP contribution in [0.4, 0.5) is 0 Å². The molecule has 2 rings (SSSR count). The minimum absolute atomic E-state index is 0.0463. The predicted octanol–water partition coefficient (Wildman–Crippen LogP) is 1.28. The summed E-state index contributed by atoms with van der Waals surface area (Å²) in [6.07, 6.45) is 3.64. The molecule has 1 aromatic heterocycles.